The van der Waals surface area contributed by atoms with Crippen LogP contribution >= 0.6 is 47.8 Å². The molecule has 1 aromatic rings. The molecule has 1 atom stereocenters. The predicted molar refractivity (Wildman–Crippen MR) is 88.0 cm³/mol. The zero-order chi connectivity index (χ0) is 15.4. The number of carbonyl (C=O) groups excluding carboxylic acids is 1. The van der Waals surface area contributed by atoms with Gasteiger partial charge in [0.2, 0.25) is 0 Å². The molecule has 2 N–H and O–H groups in total. The maximum atomic E-state index is 12.0. The average Bonchev–Trinajstić information content (AvgIpc) is 2.32. The number of hydrogen-bond acceptors (Lipinski definition) is 2. The molecular formula is C12H13Br3N2O3. The lowest BCUT2D eigenvalue weighted by Crippen LogP contribution is -2.36. The number of amides is 2. The van der Waals surface area contributed by atoms with Gasteiger partial charge in [-0.1, -0.05) is 22.9 Å². The van der Waals surface area contributed by atoms with Crippen LogP contribution in [0.4, 0.5) is 10.5 Å². The van der Waals surface area contributed by atoms with E-state index in [-0.39, 0.29) is 12.6 Å². The van der Waals surface area contributed by atoms with Crippen molar-refractivity contribution in [3.8, 4) is 0 Å². The number of carbonyl (C=O) groups is 2. The molecule has 0 aliphatic rings. The van der Waals surface area contributed by atoms with Crippen LogP contribution in [0, 0.1) is 5.92 Å². The van der Waals surface area contributed by atoms with Crippen LogP contribution in [0.1, 0.15) is 6.92 Å². The fraction of sp³-hybridized carbons (Fsp3) is 0.333. The molecule has 0 bridgehead atoms. The van der Waals surface area contributed by atoms with E-state index < -0.39 is 11.9 Å². The molecule has 0 aliphatic carbocycles. The molecule has 1 aromatic carbocycles. The average molecular weight is 473 g/mol. The molecule has 0 saturated carbocycles. The SMILES string of the molecule is CC(CN(C)C(=O)Nc1c(Br)cc(Br)cc1Br)C(=O)O. The largest absolute Gasteiger partial charge is 0.481 e. The number of nitrogens with zero attached hydrogens (tertiary/aromatic N) is 1. The maximum absolute atomic E-state index is 12.0. The van der Waals surface area contributed by atoms with Crippen LogP contribution in [0.15, 0.2) is 25.6 Å². The van der Waals surface area contributed by atoms with Crippen molar-refractivity contribution < 1.29 is 14.7 Å². The Bertz CT molecular complexity index is 514. The van der Waals surface area contributed by atoms with E-state index in [4.69, 9.17) is 5.11 Å². The minimum absolute atomic E-state index is 0.132. The van der Waals surface area contributed by atoms with E-state index in [1.807, 2.05) is 0 Å². The van der Waals surface area contributed by atoms with E-state index in [1.165, 1.54) is 4.90 Å². The molecule has 5 nitrogen and oxygen atoms in total. The van der Waals surface area contributed by atoms with Crippen molar-refractivity contribution in [2.45, 2.75) is 6.92 Å². The molecule has 0 aliphatic heterocycles. The summed E-state index contributed by atoms with van der Waals surface area (Å²) in [5.74, 6) is -1.56. The first-order chi connectivity index (χ1) is 9.22. The van der Waals surface area contributed by atoms with Gasteiger partial charge in [0.15, 0.2) is 0 Å². The summed E-state index contributed by atoms with van der Waals surface area (Å²) in [6.45, 7) is 1.69. The van der Waals surface area contributed by atoms with Crippen molar-refractivity contribution in [3.05, 3.63) is 25.6 Å². The Balaban J connectivity index is 2.78. The lowest BCUT2D eigenvalue weighted by atomic mass is 10.2. The monoisotopic (exact) mass is 470 g/mol. The van der Waals surface area contributed by atoms with Crippen LogP contribution in [-0.4, -0.2) is 35.6 Å². The molecule has 0 radical (unpaired) electrons. The van der Waals surface area contributed by atoms with Crippen LogP contribution in [0.25, 0.3) is 0 Å². The highest BCUT2D eigenvalue weighted by atomic mass is 79.9. The normalized spacial score (nSPS) is 11.8. The second-order valence-electron chi connectivity index (χ2n) is 4.29. The smallest absolute Gasteiger partial charge is 0.321 e. The first-order valence-corrected chi connectivity index (χ1v) is 7.99. The number of aliphatic carboxylic acids is 1. The number of nitrogens with one attached hydrogen (secondary N) is 1. The Morgan fingerprint density at radius 1 is 1.30 bits per heavy atom. The highest BCUT2D eigenvalue weighted by Gasteiger charge is 2.19. The molecule has 0 heterocycles. The van der Waals surface area contributed by atoms with Crippen molar-refractivity contribution >= 4 is 65.5 Å². The molecule has 0 aromatic heterocycles. The van der Waals surface area contributed by atoms with Crippen molar-refractivity contribution in [2.24, 2.45) is 5.92 Å². The van der Waals surface area contributed by atoms with E-state index >= 15 is 0 Å². The zero-order valence-electron chi connectivity index (χ0n) is 10.8. The molecule has 0 spiro atoms. The number of carboxylic acid groups (broad SMARTS) is 1. The standard InChI is InChI=1S/C12H13Br3N2O3/c1-6(11(18)19)5-17(2)12(20)16-10-8(14)3-7(13)4-9(10)15/h3-4,6H,5H2,1-2H3,(H,16,20)(H,18,19). The number of hydrogen-bond donors (Lipinski definition) is 2. The Kier molecular flexibility index (Phi) is 6.47. The van der Waals surface area contributed by atoms with Gasteiger partial charge in [-0.2, -0.15) is 0 Å². The summed E-state index contributed by atoms with van der Waals surface area (Å²) in [6, 6.07) is 3.24. The van der Waals surface area contributed by atoms with Crippen molar-refractivity contribution in [1.82, 2.24) is 4.90 Å². The second-order valence-corrected chi connectivity index (χ2v) is 6.92. The summed E-state index contributed by atoms with van der Waals surface area (Å²) in [6.07, 6.45) is 0. The molecule has 0 saturated heterocycles. The van der Waals surface area contributed by atoms with Gasteiger partial charge >= 0.3 is 12.0 Å². The van der Waals surface area contributed by atoms with E-state index in [9.17, 15) is 9.59 Å². The second kappa shape index (κ2) is 7.42. The molecule has 2 amide bonds. The molecule has 1 rings (SSSR count). The molecule has 110 valence electrons. The summed E-state index contributed by atoms with van der Waals surface area (Å²) in [5.41, 5.74) is 0.591. The van der Waals surface area contributed by atoms with Gasteiger partial charge in [-0.25, -0.2) is 4.79 Å². The maximum Gasteiger partial charge on any atom is 0.321 e. The fourth-order valence-electron chi connectivity index (χ4n) is 1.44. The van der Waals surface area contributed by atoms with Gasteiger partial charge in [0.25, 0.3) is 0 Å². The van der Waals surface area contributed by atoms with E-state index in [0.717, 1.165) is 4.47 Å². The molecule has 8 heteroatoms. The van der Waals surface area contributed by atoms with Gasteiger partial charge in [0.05, 0.1) is 11.6 Å². The van der Waals surface area contributed by atoms with Crippen LogP contribution < -0.4 is 5.32 Å². The van der Waals surface area contributed by atoms with Crippen LogP contribution in [0.5, 0.6) is 0 Å². The highest BCUT2D eigenvalue weighted by molar-refractivity contribution is 9.11. The zero-order valence-corrected chi connectivity index (χ0v) is 15.5. The minimum atomic E-state index is -0.935. The molecule has 0 fully saturated rings. The van der Waals surface area contributed by atoms with Crippen molar-refractivity contribution in [2.75, 3.05) is 18.9 Å². The fourth-order valence-corrected chi connectivity index (χ4v) is 3.89. The third kappa shape index (κ3) is 4.75. The van der Waals surface area contributed by atoms with E-state index in [1.54, 1.807) is 26.1 Å². The third-order valence-electron chi connectivity index (χ3n) is 2.55. The summed E-state index contributed by atoms with van der Waals surface area (Å²) in [7, 11) is 1.55. The number of urea groups is 1. The molecule has 20 heavy (non-hydrogen) atoms. The lowest BCUT2D eigenvalue weighted by molar-refractivity contribution is -0.141. The predicted octanol–water partition coefficient (Wildman–Crippen LogP) is 4.16. The highest BCUT2D eigenvalue weighted by Crippen LogP contribution is 2.34. The van der Waals surface area contributed by atoms with Gasteiger partial charge in [-0.15, -0.1) is 0 Å². The Labute approximate surface area is 142 Å². The lowest BCUT2D eigenvalue weighted by Gasteiger charge is -2.21. The van der Waals surface area contributed by atoms with Crippen LogP contribution in [0.2, 0.25) is 0 Å². The number of carboxylic acids is 1. The first kappa shape index (κ1) is 17.5. The van der Waals surface area contributed by atoms with Crippen molar-refractivity contribution in [1.29, 1.82) is 0 Å². The van der Waals surface area contributed by atoms with Gasteiger partial charge in [-0.3, -0.25) is 4.79 Å². The van der Waals surface area contributed by atoms with Gasteiger partial charge in [-0.05, 0) is 44.0 Å². The Morgan fingerprint density at radius 3 is 2.25 bits per heavy atom. The number of anilines is 1. The van der Waals surface area contributed by atoms with Gasteiger partial charge < -0.3 is 15.3 Å². The van der Waals surface area contributed by atoms with Gasteiger partial charge in [0, 0.05) is 27.0 Å². The van der Waals surface area contributed by atoms with Gasteiger partial charge in [0.1, 0.15) is 0 Å². The summed E-state index contributed by atoms with van der Waals surface area (Å²) < 4.78 is 2.29. The summed E-state index contributed by atoms with van der Waals surface area (Å²) >= 11 is 10.1. The minimum Gasteiger partial charge on any atom is -0.481 e. The van der Waals surface area contributed by atoms with Crippen LogP contribution in [0.3, 0.4) is 0 Å². The van der Waals surface area contributed by atoms with Crippen LogP contribution in [-0.2, 0) is 4.79 Å². The number of rotatable bonds is 4. The summed E-state index contributed by atoms with van der Waals surface area (Å²) in [5, 5.41) is 11.6. The molecule has 1 unspecified atom stereocenters. The third-order valence-corrected chi connectivity index (χ3v) is 4.26. The topological polar surface area (TPSA) is 69.6 Å². The number of halogens is 3. The number of benzene rings is 1. The Morgan fingerprint density at radius 2 is 1.80 bits per heavy atom. The first-order valence-electron chi connectivity index (χ1n) is 5.61. The molecular weight excluding hydrogens is 460 g/mol. The van der Waals surface area contributed by atoms with E-state index in [0.29, 0.717) is 14.6 Å². The Hall–Kier alpha value is -0.600. The van der Waals surface area contributed by atoms with E-state index in [2.05, 4.69) is 53.1 Å². The summed E-state index contributed by atoms with van der Waals surface area (Å²) in [4.78, 5) is 24.1. The quantitative estimate of drug-likeness (QED) is 0.691. The van der Waals surface area contributed by atoms with Crippen molar-refractivity contribution in [3.63, 3.8) is 0 Å².